The third-order valence-electron chi connectivity index (χ3n) is 3.59. The molecule has 1 heterocycles. The number of benzene rings is 2. The molecule has 0 aliphatic carbocycles. The highest BCUT2D eigenvalue weighted by Crippen LogP contribution is 2.37. The van der Waals surface area contributed by atoms with Crippen molar-refractivity contribution in [3.63, 3.8) is 0 Å². The second kappa shape index (κ2) is 8.56. The first-order valence-electron chi connectivity index (χ1n) is 7.58. The van der Waals surface area contributed by atoms with E-state index >= 15 is 0 Å². The molecule has 3 rings (SSSR count). The molecule has 0 radical (unpaired) electrons. The molecule has 0 aromatic heterocycles. The highest BCUT2D eigenvalue weighted by molar-refractivity contribution is 9.10. The topological polar surface area (TPSA) is 59.9 Å². The van der Waals surface area contributed by atoms with Crippen molar-refractivity contribution in [2.75, 3.05) is 14.2 Å². The maximum Gasteiger partial charge on any atom is 0.264 e. The third-order valence-corrected chi connectivity index (χ3v) is 6.00. The molecule has 1 aliphatic rings. The van der Waals surface area contributed by atoms with Gasteiger partial charge in [-0.05, 0) is 47.7 Å². The van der Waals surface area contributed by atoms with Gasteiger partial charge >= 0.3 is 0 Å². The van der Waals surface area contributed by atoms with E-state index in [2.05, 4.69) is 26.2 Å². The number of methoxy groups -OCH3 is 2. The van der Waals surface area contributed by atoms with Crippen LogP contribution >= 0.6 is 50.9 Å². The van der Waals surface area contributed by atoms with Crippen LogP contribution in [0.5, 0.6) is 11.5 Å². The second-order valence-corrected chi connectivity index (χ2v) is 7.95. The zero-order valence-corrected chi connectivity index (χ0v) is 18.1. The summed E-state index contributed by atoms with van der Waals surface area (Å²) in [4.78, 5) is 17.2. The Balaban J connectivity index is 1.92. The maximum atomic E-state index is 12.3. The highest BCUT2D eigenvalue weighted by atomic mass is 79.9. The van der Waals surface area contributed by atoms with Crippen molar-refractivity contribution in [1.82, 2.24) is 5.32 Å². The summed E-state index contributed by atoms with van der Waals surface area (Å²) in [5, 5.41) is 3.88. The molecule has 1 N–H and O–H groups in total. The standard InChI is InChI=1S/C18H13BrCl2N2O3S/c1-25-13-6-9(10(19)8-14(13)26-2)7-15-17(24)23-18(27-15)22-12-5-3-4-11(20)16(12)21/h3-8H,1-2H3,(H,22,23,24)/b15-7+. The van der Waals surface area contributed by atoms with Gasteiger partial charge in [0.05, 0.1) is 34.9 Å². The van der Waals surface area contributed by atoms with Gasteiger partial charge in [-0.1, -0.05) is 45.2 Å². The van der Waals surface area contributed by atoms with Gasteiger partial charge in [0.2, 0.25) is 0 Å². The molecule has 5 nitrogen and oxygen atoms in total. The smallest absolute Gasteiger partial charge is 0.264 e. The zero-order chi connectivity index (χ0) is 19.6. The van der Waals surface area contributed by atoms with Crippen molar-refractivity contribution in [1.29, 1.82) is 0 Å². The fraction of sp³-hybridized carbons (Fsp3) is 0.111. The van der Waals surface area contributed by atoms with E-state index in [1.54, 1.807) is 50.6 Å². The quantitative estimate of drug-likeness (QED) is 0.565. The van der Waals surface area contributed by atoms with Crippen molar-refractivity contribution in [2.45, 2.75) is 0 Å². The van der Waals surface area contributed by atoms with Crippen LogP contribution in [0.4, 0.5) is 5.69 Å². The van der Waals surface area contributed by atoms with Gasteiger partial charge < -0.3 is 14.8 Å². The van der Waals surface area contributed by atoms with Gasteiger partial charge in [-0.15, -0.1) is 0 Å². The Morgan fingerprint density at radius 1 is 1.19 bits per heavy atom. The predicted molar refractivity (Wildman–Crippen MR) is 115 cm³/mol. The molecule has 2 aromatic carbocycles. The molecule has 140 valence electrons. The molecule has 9 heteroatoms. The largest absolute Gasteiger partial charge is 0.493 e. The summed E-state index contributed by atoms with van der Waals surface area (Å²) in [5.74, 6) is 0.905. The minimum absolute atomic E-state index is 0.251. The average molecular weight is 488 g/mol. The van der Waals surface area contributed by atoms with Gasteiger partial charge in [0.1, 0.15) is 0 Å². The summed E-state index contributed by atoms with van der Waals surface area (Å²) >= 11 is 16.8. The Morgan fingerprint density at radius 3 is 2.59 bits per heavy atom. The first-order valence-corrected chi connectivity index (χ1v) is 9.94. The Kier molecular flexibility index (Phi) is 6.37. The fourth-order valence-electron chi connectivity index (χ4n) is 2.29. The van der Waals surface area contributed by atoms with Crippen molar-refractivity contribution < 1.29 is 14.3 Å². The van der Waals surface area contributed by atoms with E-state index < -0.39 is 0 Å². The molecule has 0 bridgehead atoms. The lowest BCUT2D eigenvalue weighted by molar-refractivity contribution is -0.115. The van der Waals surface area contributed by atoms with E-state index in [1.807, 2.05) is 0 Å². The molecular formula is C18H13BrCl2N2O3S. The van der Waals surface area contributed by atoms with Crippen LogP contribution in [0, 0.1) is 0 Å². The monoisotopic (exact) mass is 486 g/mol. The summed E-state index contributed by atoms with van der Waals surface area (Å²) in [6, 6.07) is 8.71. The number of amides is 1. The van der Waals surface area contributed by atoms with Crippen LogP contribution in [0.1, 0.15) is 5.56 Å². The van der Waals surface area contributed by atoms with Crippen molar-refractivity contribution in [2.24, 2.45) is 4.99 Å². The summed E-state index contributed by atoms with van der Waals surface area (Å²) in [5.41, 5.74) is 1.26. The lowest BCUT2D eigenvalue weighted by Crippen LogP contribution is -2.19. The summed E-state index contributed by atoms with van der Waals surface area (Å²) in [6.45, 7) is 0. The molecule has 1 amide bonds. The molecular weight excluding hydrogens is 475 g/mol. The van der Waals surface area contributed by atoms with Crippen LogP contribution in [-0.2, 0) is 4.79 Å². The van der Waals surface area contributed by atoms with Gasteiger partial charge in [0.25, 0.3) is 5.91 Å². The van der Waals surface area contributed by atoms with E-state index in [1.165, 1.54) is 11.8 Å². The number of hydrogen-bond donors (Lipinski definition) is 1. The van der Waals surface area contributed by atoms with Gasteiger partial charge in [-0.3, -0.25) is 4.79 Å². The normalized spacial score (nSPS) is 16.7. The SMILES string of the molecule is COc1cc(Br)c(/C=C2/SC(=Nc3cccc(Cl)c3Cl)NC2=O)cc1OC. The predicted octanol–water partition coefficient (Wildman–Crippen LogP) is 5.66. The Morgan fingerprint density at radius 2 is 1.89 bits per heavy atom. The molecule has 1 aliphatic heterocycles. The number of ether oxygens (including phenoxy) is 2. The van der Waals surface area contributed by atoms with Crippen molar-refractivity contribution >= 4 is 73.7 Å². The molecule has 0 saturated carbocycles. The van der Waals surface area contributed by atoms with Crippen LogP contribution in [0.2, 0.25) is 10.0 Å². The van der Waals surface area contributed by atoms with E-state index in [9.17, 15) is 4.79 Å². The summed E-state index contributed by atoms with van der Waals surface area (Å²) in [6.07, 6.45) is 1.74. The van der Waals surface area contributed by atoms with Gasteiger partial charge in [-0.25, -0.2) is 4.99 Å². The molecule has 27 heavy (non-hydrogen) atoms. The number of rotatable bonds is 4. The Hall–Kier alpha value is -1.67. The Bertz CT molecular complexity index is 979. The third kappa shape index (κ3) is 4.43. The minimum Gasteiger partial charge on any atom is -0.493 e. The first-order chi connectivity index (χ1) is 12.9. The second-order valence-electron chi connectivity index (χ2n) is 5.28. The van der Waals surface area contributed by atoms with Crippen LogP contribution < -0.4 is 14.8 Å². The number of thioether (sulfide) groups is 1. The highest BCUT2D eigenvalue weighted by Gasteiger charge is 2.25. The van der Waals surface area contributed by atoms with Crippen LogP contribution in [0.15, 0.2) is 44.7 Å². The maximum absolute atomic E-state index is 12.3. The van der Waals surface area contributed by atoms with Gasteiger partial charge in [-0.2, -0.15) is 0 Å². The average Bonchev–Trinajstić information content (AvgIpc) is 2.99. The Labute approximate surface area is 178 Å². The first kappa shape index (κ1) is 20.1. The molecule has 0 unspecified atom stereocenters. The number of nitrogens with one attached hydrogen (secondary N) is 1. The molecule has 0 spiro atoms. The van der Waals surface area contributed by atoms with E-state index in [0.29, 0.717) is 37.3 Å². The van der Waals surface area contributed by atoms with Crippen LogP contribution in [-0.4, -0.2) is 25.3 Å². The molecule has 0 atom stereocenters. The molecule has 2 aromatic rings. The summed E-state index contributed by atoms with van der Waals surface area (Å²) < 4.78 is 11.3. The number of carbonyl (C=O) groups excluding carboxylic acids is 1. The number of halogens is 3. The van der Waals surface area contributed by atoms with Crippen LogP contribution in [0.3, 0.4) is 0 Å². The number of nitrogens with zero attached hydrogens (tertiary/aromatic N) is 1. The van der Waals surface area contributed by atoms with E-state index in [-0.39, 0.29) is 5.91 Å². The minimum atomic E-state index is -0.251. The van der Waals surface area contributed by atoms with Gasteiger partial charge in [0.15, 0.2) is 16.7 Å². The number of hydrogen-bond acceptors (Lipinski definition) is 5. The van der Waals surface area contributed by atoms with E-state index in [4.69, 9.17) is 32.7 Å². The number of amidine groups is 1. The number of aliphatic imine (C=N–C) groups is 1. The molecule has 1 saturated heterocycles. The van der Waals surface area contributed by atoms with E-state index in [0.717, 1.165) is 10.0 Å². The fourth-order valence-corrected chi connectivity index (χ4v) is 3.89. The van der Waals surface area contributed by atoms with Crippen LogP contribution in [0.25, 0.3) is 6.08 Å². The lowest BCUT2D eigenvalue weighted by Gasteiger charge is -2.10. The number of carbonyl (C=O) groups is 1. The van der Waals surface area contributed by atoms with Crippen molar-refractivity contribution in [3.05, 3.63) is 55.3 Å². The summed E-state index contributed by atoms with van der Waals surface area (Å²) in [7, 11) is 3.12. The van der Waals surface area contributed by atoms with Gasteiger partial charge in [0, 0.05) is 4.47 Å². The molecule has 1 fully saturated rings. The lowest BCUT2D eigenvalue weighted by atomic mass is 10.2. The van der Waals surface area contributed by atoms with Crippen molar-refractivity contribution in [3.8, 4) is 11.5 Å². The zero-order valence-electron chi connectivity index (χ0n) is 14.2.